The van der Waals surface area contributed by atoms with Crippen LogP contribution in [0.5, 0.6) is 17.2 Å². The van der Waals surface area contributed by atoms with E-state index >= 15 is 0 Å². The molecule has 0 aliphatic rings. The van der Waals surface area contributed by atoms with Gasteiger partial charge in [-0.15, -0.1) is 6.58 Å². The highest BCUT2D eigenvalue weighted by Gasteiger charge is 2.20. The van der Waals surface area contributed by atoms with Crippen molar-refractivity contribution in [3.8, 4) is 17.2 Å². The van der Waals surface area contributed by atoms with Gasteiger partial charge in [-0.25, -0.2) is 0 Å². The molecule has 4 rings (SSSR count). The molecule has 0 aliphatic heterocycles. The fraction of sp³-hybridized carbons (Fsp3) is 0.235. The van der Waals surface area contributed by atoms with Crippen LogP contribution in [0.4, 0.5) is 0 Å². The zero-order chi connectivity index (χ0) is 27.3. The van der Waals surface area contributed by atoms with Crippen LogP contribution in [0.1, 0.15) is 40.3 Å². The summed E-state index contributed by atoms with van der Waals surface area (Å²) in [5.74, 6) is 2.10. The molecule has 0 spiro atoms. The number of rotatable bonds is 15. The minimum atomic E-state index is -0.756. The predicted molar refractivity (Wildman–Crippen MR) is 154 cm³/mol. The quantitative estimate of drug-likeness (QED) is 0.131. The lowest BCUT2D eigenvalue weighted by atomic mass is 9.96. The third-order valence-corrected chi connectivity index (χ3v) is 6.35. The summed E-state index contributed by atoms with van der Waals surface area (Å²) in [4.78, 5) is 0. The van der Waals surface area contributed by atoms with E-state index in [1.807, 2.05) is 97.1 Å². The van der Waals surface area contributed by atoms with Gasteiger partial charge < -0.3 is 24.1 Å². The van der Waals surface area contributed by atoms with E-state index in [2.05, 4.69) is 6.58 Å². The Balaban J connectivity index is 1.55. The number of methoxy groups -OCH3 is 1. The van der Waals surface area contributed by atoms with E-state index in [9.17, 15) is 5.11 Å². The summed E-state index contributed by atoms with van der Waals surface area (Å²) in [6, 6.07) is 31.7. The van der Waals surface area contributed by atoms with Crippen LogP contribution in [0.2, 0.25) is 0 Å². The predicted octanol–water partition coefficient (Wildman–Crippen LogP) is 7.22. The van der Waals surface area contributed by atoms with Gasteiger partial charge in [0.1, 0.15) is 30.5 Å². The lowest BCUT2D eigenvalue weighted by Gasteiger charge is -2.21. The Labute approximate surface area is 231 Å². The van der Waals surface area contributed by atoms with Crippen molar-refractivity contribution < 1.29 is 24.1 Å². The Hall–Kier alpha value is -4.06. The van der Waals surface area contributed by atoms with Crippen LogP contribution in [0.15, 0.2) is 110 Å². The largest absolute Gasteiger partial charge is 0.497 e. The van der Waals surface area contributed by atoms with Gasteiger partial charge in [0.2, 0.25) is 0 Å². The number of ether oxygens (including phenoxy) is 4. The number of hydrogen-bond donors (Lipinski definition) is 1. The van der Waals surface area contributed by atoms with Gasteiger partial charge in [0.05, 0.1) is 26.4 Å². The molecule has 1 atom stereocenters. The summed E-state index contributed by atoms with van der Waals surface area (Å²) in [7, 11) is 1.65. The first-order valence-electron chi connectivity index (χ1n) is 13.2. The second-order valence-corrected chi connectivity index (χ2v) is 9.23. The van der Waals surface area contributed by atoms with Crippen molar-refractivity contribution in [2.45, 2.75) is 38.8 Å². The molecule has 4 aromatic rings. The Kier molecular flexibility index (Phi) is 10.6. The molecule has 1 unspecified atom stereocenters. The SMILES string of the molecule is C=CCC(O)c1c(CCOCc2ccc(OC)cc2)cc(OCc2ccccc2)cc1OCc1ccccc1. The number of benzene rings is 4. The molecule has 5 nitrogen and oxygen atoms in total. The van der Waals surface area contributed by atoms with Crippen LogP contribution in [0.3, 0.4) is 0 Å². The molecule has 4 aromatic carbocycles. The Bertz CT molecular complexity index is 1290. The molecule has 0 saturated carbocycles. The van der Waals surface area contributed by atoms with Crippen LogP contribution in [-0.2, 0) is 31.0 Å². The molecule has 39 heavy (non-hydrogen) atoms. The maximum atomic E-state index is 11.1. The van der Waals surface area contributed by atoms with E-state index in [4.69, 9.17) is 18.9 Å². The molecule has 0 aromatic heterocycles. The van der Waals surface area contributed by atoms with Gasteiger partial charge in [0.25, 0.3) is 0 Å². The minimum Gasteiger partial charge on any atom is -0.497 e. The normalized spacial score (nSPS) is 11.5. The standard InChI is InChI=1S/C34H36O5/c1-3-10-32(35)34-29(19-20-37-23-28-15-17-30(36-2)18-16-28)21-31(38-24-26-11-6-4-7-12-26)22-33(34)39-25-27-13-8-5-9-14-27/h3-9,11-18,21-22,32,35H,1,10,19-20,23-25H2,2H3. The van der Waals surface area contributed by atoms with Gasteiger partial charge >= 0.3 is 0 Å². The molecule has 0 radical (unpaired) electrons. The van der Waals surface area contributed by atoms with Gasteiger partial charge in [0.15, 0.2) is 0 Å². The van der Waals surface area contributed by atoms with Gasteiger partial charge in [-0.1, -0.05) is 78.9 Å². The van der Waals surface area contributed by atoms with Crippen molar-refractivity contribution in [3.63, 3.8) is 0 Å². The minimum absolute atomic E-state index is 0.379. The summed E-state index contributed by atoms with van der Waals surface area (Å²) in [5, 5.41) is 11.1. The lowest BCUT2D eigenvalue weighted by Crippen LogP contribution is -2.10. The van der Waals surface area contributed by atoms with Crippen LogP contribution >= 0.6 is 0 Å². The second kappa shape index (κ2) is 14.8. The van der Waals surface area contributed by atoms with E-state index in [0.717, 1.165) is 33.6 Å². The number of aliphatic hydroxyl groups excluding tert-OH is 1. The molecule has 5 heteroatoms. The zero-order valence-corrected chi connectivity index (χ0v) is 22.4. The molecule has 0 bridgehead atoms. The van der Waals surface area contributed by atoms with Crippen LogP contribution in [0.25, 0.3) is 0 Å². The Morgan fingerprint density at radius 2 is 1.36 bits per heavy atom. The Morgan fingerprint density at radius 1 is 0.744 bits per heavy atom. The van der Waals surface area contributed by atoms with Gasteiger partial charge in [0, 0.05) is 11.6 Å². The molecule has 0 aliphatic carbocycles. The summed E-state index contributed by atoms with van der Waals surface area (Å²) < 4.78 is 23.7. The van der Waals surface area contributed by atoms with Crippen molar-refractivity contribution in [2.24, 2.45) is 0 Å². The molecule has 0 saturated heterocycles. The van der Waals surface area contributed by atoms with E-state index in [1.165, 1.54) is 0 Å². The first-order chi connectivity index (χ1) is 19.2. The number of hydrogen-bond acceptors (Lipinski definition) is 5. The smallest absolute Gasteiger partial charge is 0.129 e. The monoisotopic (exact) mass is 524 g/mol. The fourth-order valence-electron chi connectivity index (χ4n) is 4.29. The van der Waals surface area contributed by atoms with E-state index in [0.29, 0.717) is 50.8 Å². The maximum absolute atomic E-state index is 11.1. The van der Waals surface area contributed by atoms with Crippen LogP contribution < -0.4 is 14.2 Å². The highest BCUT2D eigenvalue weighted by Crippen LogP contribution is 2.36. The first kappa shape index (κ1) is 28.0. The van der Waals surface area contributed by atoms with Crippen molar-refractivity contribution in [1.82, 2.24) is 0 Å². The summed E-state index contributed by atoms with van der Waals surface area (Å²) in [5.41, 5.74) is 4.85. The summed E-state index contributed by atoms with van der Waals surface area (Å²) in [6.07, 6.45) is 1.96. The third kappa shape index (κ3) is 8.47. The molecule has 202 valence electrons. The summed E-state index contributed by atoms with van der Waals surface area (Å²) in [6.45, 7) is 5.59. The van der Waals surface area contributed by atoms with Crippen molar-refractivity contribution in [2.75, 3.05) is 13.7 Å². The van der Waals surface area contributed by atoms with Gasteiger partial charge in [-0.05, 0) is 53.3 Å². The van der Waals surface area contributed by atoms with Crippen molar-refractivity contribution >= 4 is 0 Å². The lowest BCUT2D eigenvalue weighted by molar-refractivity contribution is 0.122. The second-order valence-electron chi connectivity index (χ2n) is 9.23. The van der Waals surface area contributed by atoms with Gasteiger partial charge in [-0.2, -0.15) is 0 Å². The summed E-state index contributed by atoms with van der Waals surface area (Å²) >= 11 is 0. The topological polar surface area (TPSA) is 57.2 Å². The molecule has 0 heterocycles. The zero-order valence-electron chi connectivity index (χ0n) is 22.4. The van der Waals surface area contributed by atoms with E-state index in [1.54, 1.807) is 13.2 Å². The Morgan fingerprint density at radius 3 is 1.97 bits per heavy atom. The van der Waals surface area contributed by atoms with Crippen LogP contribution in [0, 0.1) is 0 Å². The average Bonchev–Trinajstić information content (AvgIpc) is 2.98. The van der Waals surface area contributed by atoms with Crippen molar-refractivity contribution in [1.29, 1.82) is 0 Å². The average molecular weight is 525 g/mol. The molecule has 0 fully saturated rings. The van der Waals surface area contributed by atoms with E-state index < -0.39 is 6.10 Å². The first-order valence-corrected chi connectivity index (χ1v) is 13.2. The fourth-order valence-corrected chi connectivity index (χ4v) is 4.29. The third-order valence-electron chi connectivity index (χ3n) is 6.35. The molecule has 0 amide bonds. The highest BCUT2D eigenvalue weighted by atomic mass is 16.5. The maximum Gasteiger partial charge on any atom is 0.129 e. The molecular formula is C34H36O5. The molecule has 1 N–H and O–H groups in total. The van der Waals surface area contributed by atoms with E-state index in [-0.39, 0.29) is 0 Å². The molecular weight excluding hydrogens is 488 g/mol. The van der Waals surface area contributed by atoms with Crippen LogP contribution in [-0.4, -0.2) is 18.8 Å². The highest BCUT2D eigenvalue weighted by molar-refractivity contribution is 5.48. The van der Waals surface area contributed by atoms with Gasteiger partial charge in [-0.3, -0.25) is 0 Å². The van der Waals surface area contributed by atoms with Crippen molar-refractivity contribution in [3.05, 3.63) is 138 Å². The number of aliphatic hydroxyl groups is 1.